The molecular weight excluding hydrogens is 733 g/mol. The molecule has 1 aliphatic rings. The predicted octanol–water partition coefficient (Wildman–Crippen LogP) is 7.25. The zero-order chi connectivity index (χ0) is 40.2. The van der Waals surface area contributed by atoms with Crippen LogP contribution in [-0.2, 0) is 39.9 Å². The number of hydrogen-bond acceptors (Lipinski definition) is 8. The van der Waals surface area contributed by atoms with Crippen LogP contribution in [0.25, 0.3) is 22.2 Å². The number of aromatic nitrogens is 3. The van der Waals surface area contributed by atoms with Gasteiger partial charge < -0.3 is 14.6 Å². The average molecular weight is 776 g/mol. The van der Waals surface area contributed by atoms with Crippen molar-refractivity contribution in [1.82, 2.24) is 24.8 Å². The maximum absolute atomic E-state index is 14.6. The lowest BCUT2D eigenvalue weighted by Gasteiger charge is -2.41. The Morgan fingerprint density at radius 2 is 1.57 bits per heavy atom. The molecule has 9 nitrogen and oxygen atoms in total. The third kappa shape index (κ3) is 8.87. The van der Waals surface area contributed by atoms with Crippen molar-refractivity contribution in [3.05, 3.63) is 130 Å². The van der Waals surface area contributed by atoms with E-state index in [0.717, 1.165) is 18.2 Å². The molecule has 0 amide bonds. The highest BCUT2D eigenvalue weighted by Crippen LogP contribution is 2.32. The number of carbonyl (C=O) groups is 2. The van der Waals surface area contributed by atoms with E-state index in [-0.39, 0.29) is 66.2 Å². The molecule has 5 aromatic rings. The summed E-state index contributed by atoms with van der Waals surface area (Å²) in [4.78, 5) is 51.2. The Balaban J connectivity index is 1.31. The van der Waals surface area contributed by atoms with Crippen LogP contribution in [0.3, 0.4) is 0 Å². The molecule has 14 heteroatoms. The summed E-state index contributed by atoms with van der Waals surface area (Å²) in [6, 6.07) is 17.7. The molecule has 0 spiro atoms. The first kappa shape index (κ1) is 40.3. The zero-order valence-electron chi connectivity index (χ0n) is 31.2. The molecule has 0 bridgehead atoms. The van der Waals surface area contributed by atoms with Gasteiger partial charge in [-0.1, -0.05) is 48.5 Å². The summed E-state index contributed by atoms with van der Waals surface area (Å²) in [6.45, 7) is 6.48. The third-order valence-electron chi connectivity index (χ3n) is 10.4. The van der Waals surface area contributed by atoms with E-state index in [4.69, 9.17) is 4.74 Å². The molecule has 1 unspecified atom stereocenters. The maximum atomic E-state index is 14.6. The van der Waals surface area contributed by atoms with Gasteiger partial charge in [-0.05, 0) is 92.6 Å². The number of nitrogens with one attached hydrogen (secondary N) is 1. The Bertz CT molecular complexity index is 2250. The van der Waals surface area contributed by atoms with Crippen molar-refractivity contribution in [3.8, 4) is 11.1 Å². The summed E-state index contributed by atoms with van der Waals surface area (Å²) in [7, 11) is 0. The maximum Gasteiger partial charge on any atom is 0.416 e. The Morgan fingerprint density at radius 3 is 2.21 bits per heavy atom. The number of ketones is 1. The van der Waals surface area contributed by atoms with E-state index in [1.807, 2.05) is 13.8 Å². The van der Waals surface area contributed by atoms with E-state index in [9.17, 15) is 36.3 Å². The van der Waals surface area contributed by atoms with Crippen molar-refractivity contribution >= 4 is 22.8 Å². The topological polar surface area (TPSA) is 106 Å². The number of alkyl halides is 3. The number of halogens is 5. The molecule has 6 rings (SSSR count). The van der Waals surface area contributed by atoms with Gasteiger partial charge in [0.05, 0.1) is 30.1 Å². The van der Waals surface area contributed by atoms with Gasteiger partial charge in [-0.15, -0.1) is 0 Å². The van der Waals surface area contributed by atoms with Crippen LogP contribution >= 0.6 is 0 Å². The number of esters is 1. The number of nitrogens with zero attached hydrogens (tertiary/aromatic N) is 4. The van der Waals surface area contributed by atoms with Crippen LogP contribution in [0.4, 0.5) is 22.0 Å². The fourth-order valence-corrected chi connectivity index (χ4v) is 7.10. The highest BCUT2D eigenvalue weighted by molar-refractivity contribution is 5.87. The minimum atomic E-state index is -4.47. The second kappa shape index (κ2) is 16.8. The van der Waals surface area contributed by atoms with E-state index in [1.165, 1.54) is 35.0 Å². The van der Waals surface area contributed by atoms with Gasteiger partial charge >= 0.3 is 12.1 Å². The Hall–Kier alpha value is -5.34. The number of benzene rings is 3. The van der Waals surface area contributed by atoms with Crippen LogP contribution in [0, 0.1) is 11.6 Å². The van der Waals surface area contributed by atoms with E-state index in [0.29, 0.717) is 42.6 Å². The summed E-state index contributed by atoms with van der Waals surface area (Å²) in [5, 5.41) is 3.71. The number of fused-ring (bicyclic) bond motifs is 1. The first-order valence-corrected chi connectivity index (χ1v) is 18.4. The second-order valence-corrected chi connectivity index (χ2v) is 14.3. The van der Waals surface area contributed by atoms with Gasteiger partial charge in [0.2, 0.25) is 0 Å². The number of aryl methyl sites for hydroxylation is 2. The Morgan fingerprint density at radius 1 is 0.911 bits per heavy atom. The van der Waals surface area contributed by atoms with Crippen molar-refractivity contribution < 1.29 is 36.3 Å². The van der Waals surface area contributed by atoms with Crippen molar-refractivity contribution in [2.24, 2.45) is 0 Å². The van der Waals surface area contributed by atoms with Crippen molar-refractivity contribution in [2.75, 3.05) is 19.7 Å². The van der Waals surface area contributed by atoms with Crippen molar-refractivity contribution in [3.63, 3.8) is 0 Å². The van der Waals surface area contributed by atoms with Crippen LogP contribution in [0.15, 0.2) is 89.9 Å². The number of rotatable bonds is 13. The fourth-order valence-electron chi connectivity index (χ4n) is 7.10. The predicted molar refractivity (Wildman–Crippen MR) is 201 cm³/mol. The molecule has 2 aromatic heterocycles. The summed E-state index contributed by atoms with van der Waals surface area (Å²) < 4.78 is 75.1. The van der Waals surface area contributed by atoms with Gasteiger partial charge in [0, 0.05) is 31.7 Å². The summed E-state index contributed by atoms with van der Waals surface area (Å²) in [5.41, 5.74) is -0.0791. The number of Topliss-reactive ketones (excluding diaryl/α,β-unsaturated/α-hetero) is 1. The van der Waals surface area contributed by atoms with Gasteiger partial charge in [0.15, 0.2) is 17.4 Å². The third-order valence-corrected chi connectivity index (χ3v) is 10.4. The number of hydrogen-bond donors (Lipinski definition) is 1. The number of likely N-dealkylation sites (tertiary alicyclic amines) is 1. The highest BCUT2D eigenvalue weighted by Gasteiger charge is 2.39. The molecule has 1 atom stereocenters. The van der Waals surface area contributed by atoms with E-state index < -0.39 is 40.5 Å². The summed E-state index contributed by atoms with van der Waals surface area (Å²) >= 11 is 0. The molecule has 294 valence electrons. The Kier molecular flexibility index (Phi) is 12.1. The number of ether oxygens (including phenoxy) is 1. The number of piperidine rings is 1. The fraction of sp³-hybridized carbons (Fsp3) is 0.357. The smallest absolute Gasteiger partial charge is 0.416 e. The van der Waals surface area contributed by atoms with Gasteiger partial charge in [0.1, 0.15) is 17.0 Å². The second-order valence-electron chi connectivity index (χ2n) is 14.3. The lowest BCUT2D eigenvalue weighted by Crippen LogP contribution is -2.56. The lowest BCUT2D eigenvalue weighted by atomic mass is 9.93. The molecule has 1 aliphatic heterocycles. The zero-order valence-corrected chi connectivity index (χ0v) is 31.2. The monoisotopic (exact) mass is 775 g/mol. The quantitative estimate of drug-likeness (QED) is 0.0986. The molecule has 0 radical (unpaired) electrons. The van der Waals surface area contributed by atoms with Crippen LogP contribution in [0.1, 0.15) is 62.2 Å². The van der Waals surface area contributed by atoms with Crippen molar-refractivity contribution in [2.45, 2.75) is 76.8 Å². The normalized spacial score (nSPS) is 14.9. The van der Waals surface area contributed by atoms with E-state index in [1.54, 1.807) is 43.3 Å². The largest absolute Gasteiger partial charge is 0.465 e. The number of pyridine rings is 1. The molecule has 56 heavy (non-hydrogen) atoms. The van der Waals surface area contributed by atoms with Crippen molar-refractivity contribution in [1.29, 1.82) is 0 Å². The standard InChI is InChI=1S/C42H42F5N5O4/c1-4-56-40(55)41(2,3)51-23-20-31(21-24-51)49-37(29-12-10-26(11-13-29)27-14-17-30(18-15-27)42(45,46)47)34(53)25-52-35(19-16-28-7-5-9-33(43)36(28)44)50-39(54)32-8-6-22-48-38(32)52/h5-15,17-18,22,31,37,49H,4,16,19-21,23-25H2,1-3H3. The van der Waals surface area contributed by atoms with Crippen LogP contribution < -0.4 is 10.9 Å². The van der Waals surface area contributed by atoms with Crippen LogP contribution in [-0.4, -0.2) is 62.5 Å². The van der Waals surface area contributed by atoms with Gasteiger partial charge in [0.25, 0.3) is 5.56 Å². The SMILES string of the molecule is CCOC(=O)C(C)(C)N1CCC(NC(C(=O)Cn2c(CCc3cccc(F)c3F)nc(=O)c3cccnc32)c2ccc(-c3ccc(C(F)(F)F)cc3)cc2)CC1. The van der Waals surface area contributed by atoms with Gasteiger partial charge in [-0.25, -0.2) is 13.8 Å². The first-order chi connectivity index (χ1) is 26.7. The molecule has 1 fully saturated rings. The molecule has 3 aromatic carbocycles. The molecule has 0 aliphatic carbocycles. The van der Waals surface area contributed by atoms with E-state index in [2.05, 4.69) is 20.2 Å². The Labute approximate surface area is 320 Å². The average Bonchev–Trinajstić information content (AvgIpc) is 3.19. The lowest BCUT2D eigenvalue weighted by molar-refractivity contribution is -0.156. The molecule has 0 saturated carbocycles. The minimum Gasteiger partial charge on any atom is -0.465 e. The summed E-state index contributed by atoms with van der Waals surface area (Å²) in [6.07, 6.45) is -1.78. The number of carbonyl (C=O) groups excluding carboxylic acids is 2. The molecular formula is C42H42F5N5O4. The van der Waals surface area contributed by atoms with Crippen LogP contribution in [0.2, 0.25) is 0 Å². The minimum absolute atomic E-state index is 0.00360. The van der Waals surface area contributed by atoms with E-state index >= 15 is 0 Å². The highest BCUT2D eigenvalue weighted by atomic mass is 19.4. The first-order valence-electron chi connectivity index (χ1n) is 18.4. The van der Waals surface area contributed by atoms with Gasteiger partial charge in [-0.3, -0.25) is 19.3 Å². The molecule has 1 N–H and O–H groups in total. The molecule has 3 heterocycles. The molecule has 1 saturated heterocycles. The van der Waals surface area contributed by atoms with Crippen LogP contribution in [0.5, 0.6) is 0 Å². The van der Waals surface area contributed by atoms with Gasteiger partial charge in [-0.2, -0.15) is 18.2 Å². The summed E-state index contributed by atoms with van der Waals surface area (Å²) in [5.74, 6) is -2.46.